The van der Waals surface area contributed by atoms with E-state index in [1.54, 1.807) is 39.1 Å². The van der Waals surface area contributed by atoms with Crippen LogP contribution in [0.2, 0.25) is 0 Å². The number of hydrogen-bond donors (Lipinski definition) is 1. The Morgan fingerprint density at radius 2 is 1.97 bits per heavy atom. The first-order valence-electron chi connectivity index (χ1n) is 9.59. The van der Waals surface area contributed by atoms with Gasteiger partial charge in [-0.2, -0.15) is 0 Å². The second-order valence-electron chi connectivity index (χ2n) is 7.31. The lowest BCUT2D eigenvalue weighted by molar-refractivity contribution is -0.384. The van der Waals surface area contributed by atoms with Crippen LogP contribution in [-0.2, 0) is 21.9 Å². The number of nitrogens with zero attached hydrogens (tertiary/aromatic N) is 3. The van der Waals surface area contributed by atoms with Gasteiger partial charge < -0.3 is 9.88 Å². The number of thiazole rings is 1. The number of aromatic nitrogens is 1. The highest BCUT2D eigenvalue weighted by Gasteiger charge is 2.33. The van der Waals surface area contributed by atoms with E-state index in [1.807, 2.05) is 0 Å². The molecule has 2 aromatic carbocycles. The normalized spacial score (nSPS) is 12.5. The molecular weight excluding hydrogens is 456 g/mol. The minimum absolute atomic E-state index is 0.0698. The number of non-ortho nitro benzene ring substituents is 1. The first kappa shape index (κ1) is 23.4. The number of rotatable bonds is 7. The first-order chi connectivity index (χ1) is 14.9. The summed E-state index contributed by atoms with van der Waals surface area (Å²) in [5, 5.41) is 13.9. The van der Waals surface area contributed by atoms with Crippen LogP contribution in [0.15, 0.2) is 41.2 Å². The Balaban J connectivity index is 2.01. The summed E-state index contributed by atoms with van der Waals surface area (Å²) in [5.74, 6) is -0.591. The van der Waals surface area contributed by atoms with E-state index >= 15 is 0 Å². The molecule has 3 rings (SSSR count). The number of anilines is 2. The molecule has 0 aliphatic rings. The number of sulfonamides is 1. The topological polar surface area (TPSA) is 132 Å². The van der Waals surface area contributed by atoms with Crippen molar-refractivity contribution in [3.05, 3.63) is 61.7 Å². The maximum Gasteiger partial charge on any atom is 0.307 e. The lowest BCUT2D eigenvalue weighted by Crippen LogP contribution is -2.47. The Kier molecular flexibility index (Phi) is 6.37. The molecular formula is C20H22N4O6S2. The molecule has 1 N–H and O–H groups in total. The predicted octanol–water partition coefficient (Wildman–Crippen LogP) is 3.00. The molecule has 12 heteroatoms. The second-order valence-corrected chi connectivity index (χ2v) is 10.2. The number of fused-ring (bicyclic) bond motifs is 1. The molecule has 0 fully saturated rings. The molecule has 0 unspecified atom stereocenters. The van der Waals surface area contributed by atoms with Crippen molar-refractivity contribution in [3.8, 4) is 0 Å². The van der Waals surface area contributed by atoms with Gasteiger partial charge in [-0.25, -0.2) is 8.42 Å². The van der Waals surface area contributed by atoms with Crippen LogP contribution in [-0.4, -0.2) is 36.1 Å². The zero-order valence-electron chi connectivity index (χ0n) is 17.9. The smallest absolute Gasteiger partial charge is 0.307 e. The van der Waals surface area contributed by atoms with Gasteiger partial charge in [-0.3, -0.25) is 24.0 Å². The number of benzene rings is 2. The van der Waals surface area contributed by atoms with E-state index in [0.717, 1.165) is 33.5 Å². The number of nitro benzene ring substituents is 1. The summed E-state index contributed by atoms with van der Waals surface area (Å²) in [6.07, 6.45) is 1.08. The van der Waals surface area contributed by atoms with Crippen molar-refractivity contribution in [1.29, 1.82) is 0 Å². The van der Waals surface area contributed by atoms with Crippen LogP contribution in [0.5, 0.6) is 0 Å². The third-order valence-corrected chi connectivity index (χ3v) is 7.19. The predicted molar refractivity (Wildman–Crippen MR) is 125 cm³/mol. The summed E-state index contributed by atoms with van der Waals surface area (Å²) < 4.78 is 28.5. The molecule has 1 heterocycles. The second kappa shape index (κ2) is 8.71. The van der Waals surface area contributed by atoms with Crippen molar-refractivity contribution in [2.75, 3.05) is 15.9 Å². The molecule has 1 amide bonds. The Hall–Kier alpha value is -3.25. The number of nitrogens with one attached hydrogen (secondary N) is 1. The lowest BCUT2D eigenvalue weighted by Gasteiger charge is -2.31. The summed E-state index contributed by atoms with van der Waals surface area (Å²) in [7, 11) is -2.31. The van der Waals surface area contributed by atoms with Gasteiger partial charge in [0.05, 0.1) is 27.1 Å². The highest BCUT2D eigenvalue weighted by molar-refractivity contribution is 7.92. The van der Waals surface area contributed by atoms with E-state index in [0.29, 0.717) is 16.0 Å². The Morgan fingerprint density at radius 1 is 1.28 bits per heavy atom. The van der Waals surface area contributed by atoms with Gasteiger partial charge in [0.15, 0.2) is 0 Å². The molecule has 0 bridgehead atoms. The maximum absolute atomic E-state index is 13.1. The Morgan fingerprint density at radius 3 is 2.56 bits per heavy atom. The Labute approximate surface area is 188 Å². The van der Waals surface area contributed by atoms with Crippen LogP contribution in [0.1, 0.15) is 18.9 Å². The van der Waals surface area contributed by atoms with Gasteiger partial charge >= 0.3 is 4.87 Å². The monoisotopic (exact) mass is 478 g/mol. The minimum atomic E-state index is -3.96. The quantitative estimate of drug-likeness (QED) is 0.410. The van der Waals surface area contributed by atoms with Gasteiger partial charge in [-0.05, 0) is 37.1 Å². The van der Waals surface area contributed by atoms with Crippen molar-refractivity contribution >= 4 is 54.5 Å². The zero-order valence-corrected chi connectivity index (χ0v) is 19.5. The van der Waals surface area contributed by atoms with Crippen molar-refractivity contribution in [1.82, 2.24) is 4.57 Å². The van der Waals surface area contributed by atoms with Crippen LogP contribution in [0.4, 0.5) is 17.1 Å². The fraction of sp³-hybridized carbons (Fsp3) is 0.300. The van der Waals surface area contributed by atoms with Gasteiger partial charge in [-0.15, -0.1) is 0 Å². The number of carbonyl (C=O) groups is 1. The van der Waals surface area contributed by atoms with Crippen molar-refractivity contribution < 1.29 is 18.1 Å². The summed E-state index contributed by atoms with van der Waals surface area (Å²) in [6, 6.07) is 7.71. The van der Waals surface area contributed by atoms with Crippen molar-refractivity contribution in [3.63, 3.8) is 0 Å². The molecule has 0 aliphatic carbocycles. The summed E-state index contributed by atoms with van der Waals surface area (Å²) in [5.41, 5.74) is 1.39. The number of amides is 1. The number of aryl methyl sites for hydroxylation is 2. The maximum atomic E-state index is 13.1. The number of carbonyl (C=O) groups excluding carboxylic acids is 1. The fourth-order valence-electron chi connectivity index (χ4n) is 3.42. The van der Waals surface area contributed by atoms with Crippen LogP contribution < -0.4 is 14.5 Å². The molecule has 10 nitrogen and oxygen atoms in total. The van der Waals surface area contributed by atoms with E-state index < -0.39 is 26.9 Å². The molecule has 0 saturated carbocycles. The zero-order chi connectivity index (χ0) is 23.8. The highest BCUT2D eigenvalue weighted by Crippen LogP contribution is 2.31. The average molecular weight is 479 g/mol. The molecule has 0 radical (unpaired) electrons. The van der Waals surface area contributed by atoms with Crippen molar-refractivity contribution in [2.45, 2.75) is 26.3 Å². The van der Waals surface area contributed by atoms with E-state index in [9.17, 15) is 28.1 Å². The van der Waals surface area contributed by atoms with Crippen molar-refractivity contribution in [2.24, 2.45) is 7.05 Å². The van der Waals surface area contributed by atoms with E-state index in [2.05, 4.69) is 5.32 Å². The first-order valence-corrected chi connectivity index (χ1v) is 12.3. The number of nitro groups is 1. The summed E-state index contributed by atoms with van der Waals surface area (Å²) in [6.45, 7) is 3.27. The molecule has 32 heavy (non-hydrogen) atoms. The third kappa shape index (κ3) is 4.50. The van der Waals surface area contributed by atoms with Crippen LogP contribution in [0, 0.1) is 17.0 Å². The molecule has 0 spiro atoms. The summed E-state index contributed by atoms with van der Waals surface area (Å²) in [4.78, 5) is 35.5. The van der Waals surface area contributed by atoms with E-state index in [1.165, 1.54) is 16.7 Å². The average Bonchev–Trinajstić information content (AvgIpc) is 2.98. The molecule has 0 aliphatic heterocycles. The van der Waals surface area contributed by atoms with Gasteiger partial charge in [0, 0.05) is 24.9 Å². The summed E-state index contributed by atoms with van der Waals surface area (Å²) >= 11 is 1.03. The molecule has 170 valence electrons. The van der Waals surface area contributed by atoms with Gasteiger partial charge in [0.25, 0.3) is 5.69 Å². The van der Waals surface area contributed by atoms with Gasteiger partial charge in [0.1, 0.15) is 6.04 Å². The standard InChI is InChI=1S/C20H22N4O6S2/c1-5-15(19(25)21-13-7-9-16-18(10-13)31-20(26)22(16)3)23(32(4,29)30)17-11-14(24(27)28)8-6-12(17)2/h6-11,15H,5H2,1-4H3,(H,21,25)/t15-/m1/s1. The van der Waals surface area contributed by atoms with Crippen LogP contribution in [0.25, 0.3) is 10.2 Å². The van der Waals surface area contributed by atoms with Gasteiger partial charge in [-0.1, -0.05) is 24.3 Å². The van der Waals surface area contributed by atoms with E-state index in [-0.39, 0.29) is 22.7 Å². The molecule has 3 aromatic rings. The van der Waals surface area contributed by atoms with Crippen LogP contribution in [0.3, 0.4) is 0 Å². The minimum Gasteiger partial charge on any atom is -0.324 e. The highest BCUT2D eigenvalue weighted by atomic mass is 32.2. The Bertz CT molecular complexity index is 1380. The SMILES string of the molecule is CC[C@H](C(=O)Nc1ccc2c(c1)sc(=O)n2C)N(c1cc([N+](=O)[O-])ccc1C)S(C)(=O)=O. The molecule has 1 atom stereocenters. The van der Waals surface area contributed by atoms with E-state index in [4.69, 9.17) is 0 Å². The number of hydrogen-bond acceptors (Lipinski definition) is 7. The molecule has 1 aromatic heterocycles. The van der Waals surface area contributed by atoms with Crippen LogP contribution >= 0.6 is 11.3 Å². The third-order valence-electron chi connectivity index (χ3n) is 5.03. The fourth-order valence-corrected chi connectivity index (χ4v) is 5.60. The lowest BCUT2D eigenvalue weighted by atomic mass is 10.1. The largest absolute Gasteiger partial charge is 0.324 e. The van der Waals surface area contributed by atoms with Gasteiger partial charge in [0.2, 0.25) is 15.9 Å². The molecule has 0 saturated heterocycles.